The normalized spacial score (nSPS) is 10.7. The van der Waals surface area contributed by atoms with Gasteiger partial charge >= 0.3 is 0 Å². The summed E-state index contributed by atoms with van der Waals surface area (Å²) in [5.74, 6) is 0.914. The zero-order valence-corrected chi connectivity index (χ0v) is 8.19. The molecule has 2 aromatic heterocycles. The minimum Gasteiger partial charge on any atom is -0.329 e. The molecule has 2 heterocycles. The Labute approximate surface area is 81.6 Å². The molecule has 0 unspecified atom stereocenters. The number of hydrogen-bond donors (Lipinski definition) is 0. The van der Waals surface area contributed by atoms with Crippen molar-refractivity contribution < 1.29 is 4.79 Å². The number of carbonyl (C=O) groups is 1. The average molecular weight is 189 g/mol. The molecule has 14 heavy (non-hydrogen) atoms. The van der Waals surface area contributed by atoms with Gasteiger partial charge in [0.15, 0.2) is 0 Å². The third-order valence-electron chi connectivity index (χ3n) is 2.18. The molecule has 0 radical (unpaired) electrons. The van der Waals surface area contributed by atoms with E-state index in [0.29, 0.717) is 6.42 Å². The Morgan fingerprint density at radius 1 is 1.57 bits per heavy atom. The molecule has 72 valence electrons. The molecule has 2 aromatic rings. The molecule has 0 saturated heterocycles. The van der Waals surface area contributed by atoms with Gasteiger partial charge in [0, 0.05) is 13.2 Å². The highest BCUT2D eigenvalue weighted by Gasteiger charge is 2.08. The van der Waals surface area contributed by atoms with Crippen LogP contribution in [0.5, 0.6) is 0 Å². The minimum absolute atomic E-state index is 0.122. The zero-order valence-electron chi connectivity index (χ0n) is 8.19. The molecule has 0 atom stereocenters. The van der Waals surface area contributed by atoms with Crippen LogP contribution < -0.4 is 0 Å². The lowest BCUT2D eigenvalue weighted by Crippen LogP contribution is -2.03. The van der Waals surface area contributed by atoms with E-state index in [1.54, 1.807) is 19.3 Å². The lowest BCUT2D eigenvalue weighted by atomic mass is 10.3. The summed E-state index contributed by atoms with van der Waals surface area (Å²) in [4.78, 5) is 19.3. The number of carbonyl (C=O) groups excluding carboxylic acids is 1. The number of Topliss-reactive ketones (excluding diaryl/α,β-unsaturated/α-hetero) is 1. The van der Waals surface area contributed by atoms with Crippen molar-refractivity contribution in [3.63, 3.8) is 0 Å². The number of imidazole rings is 1. The molecular weight excluding hydrogens is 178 g/mol. The van der Waals surface area contributed by atoms with E-state index in [4.69, 9.17) is 0 Å². The van der Waals surface area contributed by atoms with Gasteiger partial charge in [0.2, 0.25) is 0 Å². The maximum Gasteiger partial charge on any atom is 0.137 e. The maximum absolute atomic E-state index is 11.0. The number of aromatic nitrogens is 3. The predicted molar refractivity (Wildman–Crippen MR) is 52.9 cm³/mol. The molecule has 0 amide bonds. The van der Waals surface area contributed by atoms with Gasteiger partial charge in [-0.05, 0) is 13.0 Å². The monoisotopic (exact) mass is 189 g/mol. The fourth-order valence-corrected chi connectivity index (χ4v) is 1.47. The molecular formula is C10H11N3O. The van der Waals surface area contributed by atoms with Gasteiger partial charge in [0.25, 0.3) is 0 Å². The molecule has 4 heteroatoms. The van der Waals surface area contributed by atoms with Crippen LogP contribution in [0.25, 0.3) is 11.0 Å². The molecule has 2 rings (SSSR count). The van der Waals surface area contributed by atoms with E-state index < -0.39 is 0 Å². The lowest BCUT2D eigenvalue weighted by Gasteiger charge is -1.98. The van der Waals surface area contributed by atoms with Gasteiger partial charge < -0.3 is 4.57 Å². The first-order chi connectivity index (χ1) is 6.68. The van der Waals surface area contributed by atoms with Gasteiger partial charge in [0.05, 0.1) is 23.7 Å². The van der Waals surface area contributed by atoms with Crippen LogP contribution in [0.2, 0.25) is 0 Å². The maximum atomic E-state index is 11.0. The summed E-state index contributed by atoms with van der Waals surface area (Å²) in [6.45, 7) is 1.57. The molecule has 0 aromatic carbocycles. The van der Waals surface area contributed by atoms with Crippen molar-refractivity contribution in [3.05, 3.63) is 24.3 Å². The second-order valence-electron chi connectivity index (χ2n) is 3.33. The van der Waals surface area contributed by atoms with Gasteiger partial charge in [-0.25, -0.2) is 4.98 Å². The summed E-state index contributed by atoms with van der Waals surface area (Å²) in [7, 11) is 1.90. The number of ketones is 1. The van der Waals surface area contributed by atoms with Crippen LogP contribution in [0.4, 0.5) is 0 Å². The molecule has 0 saturated carbocycles. The van der Waals surface area contributed by atoms with Crippen LogP contribution in [-0.2, 0) is 18.3 Å². The first-order valence-corrected chi connectivity index (χ1v) is 4.43. The van der Waals surface area contributed by atoms with E-state index in [9.17, 15) is 4.79 Å². The SMILES string of the molecule is CC(=O)Cc1nc2ccncc2n1C. The Balaban J connectivity index is 2.57. The number of pyridine rings is 1. The number of nitrogens with zero attached hydrogens (tertiary/aromatic N) is 3. The second-order valence-corrected chi connectivity index (χ2v) is 3.33. The van der Waals surface area contributed by atoms with Gasteiger partial charge in [-0.1, -0.05) is 0 Å². The fourth-order valence-electron chi connectivity index (χ4n) is 1.47. The molecule has 0 spiro atoms. The molecule has 0 aliphatic rings. The Bertz CT molecular complexity index is 487. The van der Waals surface area contributed by atoms with Crippen LogP contribution in [0.15, 0.2) is 18.5 Å². The van der Waals surface area contributed by atoms with Crippen LogP contribution in [-0.4, -0.2) is 20.3 Å². The van der Waals surface area contributed by atoms with Crippen LogP contribution >= 0.6 is 0 Å². The van der Waals surface area contributed by atoms with E-state index in [0.717, 1.165) is 16.9 Å². The highest BCUT2D eigenvalue weighted by Crippen LogP contribution is 2.13. The zero-order chi connectivity index (χ0) is 10.1. The number of rotatable bonds is 2. The first-order valence-electron chi connectivity index (χ1n) is 4.43. The Morgan fingerprint density at radius 2 is 2.36 bits per heavy atom. The third-order valence-corrected chi connectivity index (χ3v) is 2.18. The highest BCUT2D eigenvalue weighted by atomic mass is 16.1. The first kappa shape index (κ1) is 8.87. The number of hydrogen-bond acceptors (Lipinski definition) is 3. The summed E-state index contributed by atoms with van der Waals surface area (Å²) in [5.41, 5.74) is 1.85. The molecule has 0 N–H and O–H groups in total. The van der Waals surface area contributed by atoms with Crippen LogP contribution in [0.3, 0.4) is 0 Å². The highest BCUT2D eigenvalue weighted by molar-refractivity contribution is 5.80. The summed E-state index contributed by atoms with van der Waals surface area (Å²) >= 11 is 0. The predicted octanol–water partition coefficient (Wildman–Crippen LogP) is 1.10. The third kappa shape index (κ3) is 1.39. The van der Waals surface area contributed by atoms with Gasteiger partial charge in [-0.3, -0.25) is 9.78 Å². The average Bonchev–Trinajstić information content (AvgIpc) is 2.44. The summed E-state index contributed by atoms with van der Waals surface area (Å²) < 4.78 is 1.91. The van der Waals surface area contributed by atoms with E-state index in [-0.39, 0.29) is 5.78 Å². The van der Waals surface area contributed by atoms with Crippen molar-refractivity contribution in [1.82, 2.24) is 14.5 Å². The van der Waals surface area contributed by atoms with E-state index in [1.165, 1.54) is 0 Å². The Morgan fingerprint density at radius 3 is 3.00 bits per heavy atom. The smallest absolute Gasteiger partial charge is 0.137 e. The lowest BCUT2D eigenvalue weighted by molar-refractivity contribution is -0.116. The molecule has 4 nitrogen and oxygen atoms in total. The Hall–Kier alpha value is -1.71. The largest absolute Gasteiger partial charge is 0.329 e. The Kier molecular flexibility index (Phi) is 2.04. The van der Waals surface area contributed by atoms with Gasteiger partial charge in [-0.2, -0.15) is 0 Å². The van der Waals surface area contributed by atoms with Crippen molar-refractivity contribution in [2.45, 2.75) is 13.3 Å². The van der Waals surface area contributed by atoms with E-state index in [2.05, 4.69) is 9.97 Å². The van der Waals surface area contributed by atoms with Crippen LogP contribution in [0, 0.1) is 0 Å². The van der Waals surface area contributed by atoms with E-state index >= 15 is 0 Å². The molecule has 0 bridgehead atoms. The standard InChI is InChI=1S/C10H11N3O/c1-7(14)5-10-12-8-3-4-11-6-9(8)13(10)2/h3-4,6H,5H2,1-2H3. The van der Waals surface area contributed by atoms with Crippen molar-refractivity contribution in [2.75, 3.05) is 0 Å². The number of fused-ring (bicyclic) bond motifs is 1. The van der Waals surface area contributed by atoms with Gasteiger partial charge in [0.1, 0.15) is 11.6 Å². The minimum atomic E-state index is 0.122. The molecule has 0 fully saturated rings. The quantitative estimate of drug-likeness (QED) is 0.710. The molecule has 0 aliphatic carbocycles. The summed E-state index contributed by atoms with van der Waals surface area (Å²) in [6.07, 6.45) is 3.84. The molecule has 0 aliphatic heterocycles. The van der Waals surface area contributed by atoms with Crippen molar-refractivity contribution >= 4 is 16.8 Å². The van der Waals surface area contributed by atoms with Crippen molar-refractivity contribution in [3.8, 4) is 0 Å². The van der Waals surface area contributed by atoms with E-state index in [1.807, 2.05) is 17.7 Å². The van der Waals surface area contributed by atoms with Crippen molar-refractivity contribution in [1.29, 1.82) is 0 Å². The second kappa shape index (κ2) is 3.21. The van der Waals surface area contributed by atoms with Gasteiger partial charge in [-0.15, -0.1) is 0 Å². The summed E-state index contributed by atoms with van der Waals surface area (Å²) in [5, 5.41) is 0. The van der Waals surface area contributed by atoms with Crippen molar-refractivity contribution in [2.24, 2.45) is 7.05 Å². The number of aryl methyl sites for hydroxylation is 1. The topological polar surface area (TPSA) is 47.8 Å². The fraction of sp³-hybridized carbons (Fsp3) is 0.300. The van der Waals surface area contributed by atoms with Crippen LogP contribution in [0.1, 0.15) is 12.7 Å². The summed E-state index contributed by atoms with van der Waals surface area (Å²) in [6, 6.07) is 1.85.